The highest BCUT2D eigenvalue weighted by Gasteiger charge is 2.30. The maximum absolute atomic E-state index is 12.6. The fourth-order valence-corrected chi connectivity index (χ4v) is 2.84. The predicted octanol–water partition coefficient (Wildman–Crippen LogP) is 2.83. The quantitative estimate of drug-likeness (QED) is 0.833. The molecule has 1 atom stereocenters. The number of likely N-dealkylation sites (tertiary alicyclic amines) is 1. The standard InChI is InChI=1S/C16H21NO2/c1-3-13-7-4-5-9-15(13)16(19)17-10-6-8-14(17)11-12(2)18/h4-5,7,9,14H,3,6,8,10-11H2,1-2H3. The zero-order chi connectivity index (χ0) is 13.8. The average molecular weight is 259 g/mol. The molecule has 0 spiro atoms. The van der Waals surface area contributed by atoms with Crippen molar-refractivity contribution in [2.45, 2.75) is 45.6 Å². The van der Waals surface area contributed by atoms with Gasteiger partial charge in [0.05, 0.1) is 0 Å². The zero-order valence-electron chi connectivity index (χ0n) is 11.7. The normalized spacial score (nSPS) is 18.6. The Hall–Kier alpha value is -1.64. The van der Waals surface area contributed by atoms with E-state index in [1.54, 1.807) is 6.92 Å². The Balaban J connectivity index is 2.20. The molecule has 1 amide bonds. The smallest absolute Gasteiger partial charge is 0.254 e. The monoisotopic (exact) mass is 259 g/mol. The van der Waals surface area contributed by atoms with Crippen LogP contribution in [0.25, 0.3) is 0 Å². The first-order valence-corrected chi connectivity index (χ1v) is 7.01. The van der Waals surface area contributed by atoms with Gasteiger partial charge in [0, 0.05) is 24.6 Å². The van der Waals surface area contributed by atoms with Crippen molar-refractivity contribution in [2.24, 2.45) is 0 Å². The molecule has 0 aromatic heterocycles. The maximum atomic E-state index is 12.6. The Labute approximate surface area is 114 Å². The number of carbonyl (C=O) groups excluding carboxylic acids is 2. The summed E-state index contributed by atoms with van der Waals surface area (Å²) < 4.78 is 0. The fraction of sp³-hybridized carbons (Fsp3) is 0.500. The van der Waals surface area contributed by atoms with Crippen LogP contribution in [0.15, 0.2) is 24.3 Å². The summed E-state index contributed by atoms with van der Waals surface area (Å²) in [6.45, 7) is 4.43. The van der Waals surface area contributed by atoms with E-state index < -0.39 is 0 Å². The summed E-state index contributed by atoms with van der Waals surface area (Å²) in [5, 5.41) is 0. The molecule has 3 heteroatoms. The molecule has 1 heterocycles. The summed E-state index contributed by atoms with van der Waals surface area (Å²) in [5.41, 5.74) is 1.88. The second kappa shape index (κ2) is 6.00. The number of aryl methyl sites for hydroxylation is 1. The number of rotatable bonds is 4. The third-order valence-corrected chi connectivity index (χ3v) is 3.79. The van der Waals surface area contributed by atoms with Crippen molar-refractivity contribution in [2.75, 3.05) is 6.54 Å². The second-order valence-corrected chi connectivity index (χ2v) is 5.21. The van der Waals surface area contributed by atoms with Crippen molar-refractivity contribution in [1.82, 2.24) is 4.90 Å². The highest BCUT2D eigenvalue weighted by molar-refractivity contribution is 5.96. The molecule has 1 saturated heterocycles. The Morgan fingerprint density at radius 3 is 2.74 bits per heavy atom. The third-order valence-electron chi connectivity index (χ3n) is 3.79. The summed E-state index contributed by atoms with van der Waals surface area (Å²) in [6.07, 6.45) is 3.28. The van der Waals surface area contributed by atoms with E-state index in [0.717, 1.165) is 36.9 Å². The molecule has 0 saturated carbocycles. The van der Waals surface area contributed by atoms with Crippen LogP contribution in [0.5, 0.6) is 0 Å². The third kappa shape index (κ3) is 3.03. The van der Waals surface area contributed by atoms with Gasteiger partial charge in [-0.05, 0) is 37.8 Å². The van der Waals surface area contributed by atoms with Crippen LogP contribution in [0.4, 0.5) is 0 Å². The first kappa shape index (κ1) is 13.8. The number of carbonyl (C=O) groups is 2. The van der Waals surface area contributed by atoms with Crippen molar-refractivity contribution in [1.29, 1.82) is 0 Å². The van der Waals surface area contributed by atoms with Gasteiger partial charge in [-0.15, -0.1) is 0 Å². The lowest BCUT2D eigenvalue weighted by molar-refractivity contribution is -0.117. The van der Waals surface area contributed by atoms with Gasteiger partial charge in [-0.2, -0.15) is 0 Å². The highest BCUT2D eigenvalue weighted by atomic mass is 16.2. The molecule has 1 aliphatic rings. The van der Waals surface area contributed by atoms with Crippen molar-refractivity contribution in [3.63, 3.8) is 0 Å². The molecule has 0 N–H and O–H groups in total. The lowest BCUT2D eigenvalue weighted by Crippen LogP contribution is -2.37. The van der Waals surface area contributed by atoms with Gasteiger partial charge in [0.25, 0.3) is 5.91 Å². The van der Waals surface area contributed by atoms with Crippen molar-refractivity contribution < 1.29 is 9.59 Å². The molecule has 1 aliphatic heterocycles. The molecule has 1 fully saturated rings. The molecule has 0 radical (unpaired) electrons. The first-order chi connectivity index (χ1) is 9.13. The van der Waals surface area contributed by atoms with E-state index in [-0.39, 0.29) is 17.7 Å². The Morgan fingerprint density at radius 1 is 1.32 bits per heavy atom. The van der Waals surface area contributed by atoms with E-state index in [1.165, 1.54) is 0 Å². The summed E-state index contributed by atoms with van der Waals surface area (Å²) in [7, 11) is 0. The Kier molecular flexibility index (Phi) is 4.35. The second-order valence-electron chi connectivity index (χ2n) is 5.21. The van der Waals surface area contributed by atoms with Gasteiger partial charge in [0.2, 0.25) is 0 Å². The van der Waals surface area contributed by atoms with Crippen LogP contribution in [0, 0.1) is 0 Å². The molecule has 1 unspecified atom stereocenters. The molecule has 2 rings (SSSR count). The highest BCUT2D eigenvalue weighted by Crippen LogP contribution is 2.24. The van der Waals surface area contributed by atoms with Gasteiger partial charge < -0.3 is 4.90 Å². The molecule has 1 aromatic carbocycles. The summed E-state index contributed by atoms with van der Waals surface area (Å²) in [4.78, 5) is 25.8. The molecule has 19 heavy (non-hydrogen) atoms. The molecule has 0 aliphatic carbocycles. The van der Waals surface area contributed by atoms with Crippen molar-refractivity contribution >= 4 is 11.7 Å². The lowest BCUT2D eigenvalue weighted by atomic mass is 10.0. The molecule has 1 aromatic rings. The van der Waals surface area contributed by atoms with Crippen molar-refractivity contribution in [3.8, 4) is 0 Å². The number of amides is 1. The van der Waals surface area contributed by atoms with Crippen LogP contribution in [-0.2, 0) is 11.2 Å². The maximum Gasteiger partial charge on any atom is 0.254 e. The lowest BCUT2D eigenvalue weighted by Gasteiger charge is -2.25. The number of hydrogen-bond donors (Lipinski definition) is 0. The van der Waals surface area contributed by atoms with E-state index in [1.807, 2.05) is 29.2 Å². The number of nitrogens with zero attached hydrogens (tertiary/aromatic N) is 1. The van der Waals surface area contributed by atoms with Gasteiger partial charge in [0.15, 0.2) is 0 Å². The van der Waals surface area contributed by atoms with Gasteiger partial charge >= 0.3 is 0 Å². The molecule has 102 valence electrons. The number of Topliss-reactive ketones (excluding diaryl/α,β-unsaturated/α-hetero) is 1. The number of hydrogen-bond acceptors (Lipinski definition) is 2. The number of ketones is 1. The number of benzene rings is 1. The van der Waals surface area contributed by atoms with Crippen LogP contribution in [-0.4, -0.2) is 29.2 Å². The largest absolute Gasteiger partial charge is 0.335 e. The predicted molar refractivity (Wildman–Crippen MR) is 75.2 cm³/mol. The van der Waals surface area contributed by atoms with Crippen LogP contribution in [0.3, 0.4) is 0 Å². The first-order valence-electron chi connectivity index (χ1n) is 7.01. The van der Waals surface area contributed by atoms with E-state index in [4.69, 9.17) is 0 Å². The fourth-order valence-electron chi connectivity index (χ4n) is 2.84. The Morgan fingerprint density at radius 2 is 2.05 bits per heavy atom. The topological polar surface area (TPSA) is 37.4 Å². The van der Waals surface area contributed by atoms with Gasteiger partial charge in [-0.3, -0.25) is 9.59 Å². The molecule has 3 nitrogen and oxygen atoms in total. The van der Waals surface area contributed by atoms with Crippen LogP contribution < -0.4 is 0 Å². The van der Waals surface area contributed by atoms with Crippen LogP contribution >= 0.6 is 0 Å². The SMILES string of the molecule is CCc1ccccc1C(=O)N1CCCC1CC(C)=O. The van der Waals surface area contributed by atoms with E-state index in [9.17, 15) is 9.59 Å². The minimum Gasteiger partial charge on any atom is -0.335 e. The Bertz CT molecular complexity index is 481. The molecular weight excluding hydrogens is 238 g/mol. The minimum atomic E-state index is 0.0844. The van der Waals surface area contributed by atoms with E-state index in [2.05, 4.69) is 6.92 Å². The van der Waals surface area contributed by atoms with Crippen LogP contribution in [0.2, 0.25) is 0 Å². The van der Waals surface area contributed by atoms with Crippen LogP contribution in [0.1, 0.15) is 49.0 Å². The molecular formula is C16H21NO2. The summed E-state index contributed by atoms with van der Waals surface area (Å²) >= 11 is 0. The molecule has 0 bridgehead atoms. The van der Waals surface area contributed by atoms with Crippen molar-refractivity contribution in [3.05, 3.63) is 35.4 Å². The van der Waals surface area contributed by atoms with Gasteiger partial charge in [0.1, 0.15) is 5.78 Å². The zero-order valence-corrected chi connectivity index (χ0v) is 11.7. The van der Waals surface area contributed by atoms with Gasteiger partial charge in [-0.1, -0.05) is 25.1 Å². The average Bonchev–Trinajstić information content (AvgIpc) is 2.85. The van der Waals surface area contributed by atoms with E-state index in [0.29, 0.717) is 6.42 Å². The van der Waals surface area contributed by atoms with E-state index >= 15 is 0 Å². The minimum absolute atomic E-state index is 0.0844. The summed E-state index contributed by atoms with van der Waals surface area (Å²) in [6, 6.07) is 7.86. The summed E-state index contributed by atoms with van der Waals surface area (Å²) in [5.74, 6) is 0.245. The van der Waals surface area contributed by atoms with Gasteiger partial charge in [-0.25, -0.2) is 0 Å².